The summed E-state index contributed by atoms with van der Waals surface area (Å²) in [6.45, 7) is 3.71. The van der Waals surface area contributed by atoms with Crippen LogP contribution in [0.3, 0.4) is 0 Å². The van der Waals surface area contributed by atoms with Crippen LogP contribution in [0.2, 0.25) is 0 Å². The quantitative estimate of drug-likeness (QED) is 0.855. The number of hydrogen-bond acceptors (Lipinski definition) is 4. The second-order valence-corrected chi connectivity index (χ2v) is 6.66. The van der Waals surface area contributed by atoms with Crippen molar-refractivity contribution < 1.29 is 4.79 Å². The SMILES string of the molecule is Cc1cccc(N2CCC[C@H](N(C)C(=O)c3ccc(=O)n(C)c3)C2)n1. The zero-order chi connectivity index (χ0) is 18.0. The Bertz CT molecular complexity index is 830. The molecule has 0 aromatic carbocycles. The summed E-state index contributed by atoms with van der Waals surface area (Å²) >= 11 is 0. The molecular formula is C19H24N4O2. The van der Waals surface area contributed by atoms with Crippen molar-refractivity contribution >= 4 is 11.7 Å². The third kappa shape index (κ3) is 3.73. The molecule has 0 spiro atoms. The number of carbonyl (C=O) groups excluding carboxylic acids is 1. The normalized spacial score (nSPS) is 17.4. The van der Waals surface area contributed by atoms with Gasteiger partial charge in [-0.1, -0.05) is 6.07 Å². The Morgan fingerprint density at radius 2 is 2.08 bits per heavy atom. The number of hydrogen-bond donors (Lipinski definition) is 0. The Kier molecular flexibility index (Phi) is 4.88. The second kappa shape index (κ2) is 7.09. The van der Waals surface area contributed by atoms with E-state index in [9.17, 15) is 9.59 Å². The first kappa shape index (κ1) is 17.2. The number of aryl methyl sites for hydroxylation is 2. The number of likely N-dealkylation sites (N-methyl/N-ethyl adjacent to an activating group) is 1. The lowest BCUT2D eigenvalue weighted by Gasteiger charge is -2.38. The van der Waals surface area contributed by atoms with E-state index < -0.39 is 0 Å². The van der Waals surface area contributed by atoms with Crippen molar-refractivity contribution in [1.82, 2.24) is 14.5 Å². The number of carbonyl (C=O) groups is 1. The highest BCUT2D eigenvalue weighted by Gasteiger charge is 2.27. The summed E-state index contributed by atoms with van der Waals surface area (Å²) in [6.07, 6.45) is 3.59. The third-order valence-electron chi connectivity index (χ3n) is 4.79. The van der Waals surface area contributed by atoms with Gasteiger partial charge in [0.1, 0.15) is 5.82 Å². The van der Waals surface area contributed by atoms with E-state index >= 15 is 0 Å². The molecule has 1 aliphatic heterocycles. The van der Waals surface area contributed by atoms with Gasteiger partial charge in [0.25, 0.3) is 5.91 Å². The minimum atomic E-state index is -0.117. The summed E-state index contributed by atoms with van der Waals surface area (Å²) in [5.41, 5.74) is 1.42. The molecule has 0 saturated carbocycles. The number of aromatic nitrogens is 2. The Hall–Kier alpha value is -2.63. The van der Waals surface area contributed by atoms with Crippen LogP contribution in [-0.2, 0) is 7.05 Å². The monoisotopic (exact) mass is 340 g/mol. The van der Waals surface area contributed by atoms with Gasteiger partial charge in [-0.2, -0.15) is 0 Å². The van der Waals surface area contributed by atoms with Crippen molar-refractivity contribution in [2.24, 2.45) is 7.05 Å². The molecule has 0 aliphatic carbocycles. The average molecular weight is 340 g/mol. The Labute approximate surface area is 147 Å². The molecule has 0 N–H and O–H groups in total. The molecule has 2 aromatic rings. The van der Waals surface area contributed by atoms with Crippen LogP contribution >= 0.6 is 0 Å². The molecule has 1 aliphatic rings. The van der Waals surface area contributed by atoms with E-state index in [0.29, 0.717) is 5.56 Å². The van der Waals surface area contributed by atoms with Gasteiger partial charge in [0.2, 0.25) is 5.56 Å². The predicted molar refractivity (Wildman–Crippen MR) is 98.0 cm³/mol. The molecule has 3 rings (SSSR count). The van der Waals surface area contributed by atoms with Crippen LogP contribution in [-0.4, -0.2) is 46.5 Å². The highest BCUT2D eigenvalue weighted by molar-refractivity contribution is 5.94. The number of rotatable bonds is 3. The summed E-state index contributed by atoms with van der Waals surface area (Å²) in [5.74, 6) is 0.910. The first-order chi connectivity index (χ1) is 12.0. The average Bonchev–Trinajstić information content (AvgIpc) is 2.63. The zero-order valence-electron chi connectivity index (χ0n) is 15.0. The van der Waals surface area contributed by atoms with Crippen molar-refractivity contribution in [3.8, 4) is 0 Å². The molecular weight excluding hydrogens is 316 g/mol. The molecule has 1 atom stereocenters. The minimum absolute atomic E-state index is 0.0559. The molecule has 25 heavy (non-hydrogen) atoms. The molecule has 1 saturated heterocycles. The molecule has 2 aromatic heterocycles. The van der Waals surface area contributed by atoms with Crippen LogP contribution in [0.15, 0.2) is 41.3 Å². The Morgan fingerprint density at radius 3 is 2.80 bits per heavy atom. The lowest BCUT2D eigenvalue weighted by atomic mass is 10.0. The van der Waals surface area contributed by atoms with E-state index in [2.05, 4.69) is 9.88 Å². The van der Waals surface area contributed by atoms with Crippen LogP contribution in [0.25, 0.3) is 0 Å². The molecule has 0 unspecified atom stereocenters. The molecule has 3 heterocycles. The van der Waals surface area contributed by atoms with E-state index in [-0.39, 0.29) is 17.5 Å². The van der Waals surface area contributed by atoms with Crippen LogP contribution in [0.1, 0.15) is 28.9 Å². The predicted octanol–water partition coefficient (Wildman–Crippen LogP) is 1.83. The van der Waals surface area contributed by atoms with Crippen molar-refractivity contribution in [3.05, 3.63) is 58.1 Å². The highest BCUT2D eigenvalue weighted by Crippen LogP contribution is 2.21. The van der Waals surface area contributed by atoms with Gasteiger partial charge in [-0.3, -0.25) is 9.59 Å². The summed E-state index contributed by atoms with van der Waals surface area (Å²) in [4.78, 5) is 32.9. The highest BCUT2D eigenvalue weighted by atomic mass is 16.2. The summed E-state index contributed by atoms with van der Waals surface area (Å²) in [5, 5.41) is 0. The second-order valence-electron chi connectivity index (χ2n) is 6.66. The molecule has 132 valence electrons. The fourth-order valence-corrected chi connectivity index (χ4v) is 3.27. The minimum Gasteiger partial charge on any atom is -0.355 e. The smallest absolute Gasteiger partial charge is 0.255 e. The first-order valence-corrected chi connectivity index (χ1v) is 8.58. The molecule has 0 bridgehead atoms. The van der Waals surface area contributed by atoms with E-state index in [0.717, 1.165) is 37.4 Å². The van der Waals surface area contributed by atoms with E-state index in [1.165, 1.54) is 10.6 Å². The van der Waals surface area contributed by atoms with Gasteiger partial charge in [-0.15, -0.1) is 0 Å². The zero-order valence-corrected chi connectivity index (χ0v) is 15.0. The van der Waals surface area contributed by atoms with Gasteiger partial charge < -0.3 is 14.4 Å². The lowest BCUT2D eigenvalue weighted by Crippen LogP contribution is -2.49. The maximum atomic E-state index is 12.8. The van der Waals surface area contributed by atoms with Gasteiger partial charge in [-0.05, 0) is 38.0 Å². The van der Waals surface area contributed by atoms with Gasteiger partial charge >= 0.3 is 0 Å². The van der Waals surface area contributed by atoms with Crippen molar-refractivity contribution in [2.75, 3.05) is 25.0 Å². The summed E-state index contributed by atoms with van der Waals surface area (Å²) in [6, 6.07) is 9.18. The standard InChI is InChI=1S/C19H24N4O2/c1-14-6-4-8-17(20-14)23-11-5-7-16(13-23)22(3)19(25)15-9-10-18(24)21(2)12-15/h4,6,8-10,12,16H,5,7,11,13H2,1-3H3/t16-/m0/s1. The molecule has 1 amide bonds. The maximum Gasteiger partial charge on any atom is 0.255 e. The number of pyridine rings is 2. The number of anilines is 1. The van der Waals surface area contributed by atoms with E-state index in [4.69, 9.17) is 0 Å². The molecule has 0 radical (unpaired) electrons. The first-order valence-electron chi connectivity index (χ1n) is 8.58. The van der Waals surface area contributed by atoms with Crippen LogP contribution < -0.4 is 10.5 Å². The van der Waals surface area contributed by atoms with E-state index in [1.807, 2.05) is 32.2 Å². The van der Waals surface area contributed by atoms with Gasteiger partial charge in [0, 0.05) is 51.2 Å². The Morgan fingerprint density at radius 1 is 1.28 bits per heavy atom. The number of nitrogens with zero attached hydrogens (tertiary/aromatic N) is 4. The molecule has 6 nitrogen and oxygen atoms in total. The largest absolute Gasteiger partial charge is 0.355 e. The van der Waals surface area contributed by atoms with Gasteiger partial charge in [0.05, 0.1) is 5.56 Å². The maximum absolute atomic E-state index is 12.8. The molecule has 1 fully saturated rings. The van der Waals surface area contributed by atoms with Crippen LogP contribution in [0.4, 0.5) is 5.82 Å². The van der Waals surface area contributed by atoms with Crippen molar-refractivity contribution in [1.29, 1.82) is 0 Å². The van der Waals surface area contributed by atoms with Crippen molar-refractivity contribution in [2.45, 2.75) is 25.8 Å². The van der Waals surface area contributed by atoms with Crippen LogP contribution in [0.5, 0.6) is 0 Å². The number of amides is 1. The van der Waals surface area contributed by atoms with Gasteiger partial charge in [0.15, 0.2) is 0 Å². The van der Waals surface area contributed by atoms with Crippen LogP contribution in [0, 0.1) is 6.92 Å². The number of piperidine rings is 1. The fraction of sp³-hybridized carbons (Fsp3) is 0.421. The Balaban J connectivity index is 1.75. The van der Waals surface area contributed by atoms with E-state index in [1.54, 1.807) is 24.2 Å². The summed E-state index contributed by atoms with van der Waals surface area (Å²) < 4.78 is 1.44. The summed E-state index contributed by atoms with van der Waals surface area (Å²) in [7, 11) is 3.50. The molecule has 6 heteroatoms. The fourth-order valence-electron chi connectivity index (χ4n) is 3.27. The van der Waals surface area contributed by atoms with Gasteiger partial charge in [-0.25, -0.2) is 4.98 Å². The lowest BCUT2D eigenvalue weighted by molar-refractivity contribution is 0.0716. The topological polar surface area (TPSA) is 58.4 Å². The third-order valence-corrected chi connectivity index (χ3v) is 4.79. The van der Waals surface area contributed by atoms with Crippen molar-refractivity contribution in [3.63, 3.8) is 0 Å².